The minimum absolute atomic E-state index is 0.995. The highest BCUT2D eigenvalue weighted by molar-refractivity contribution is 5.58. The Kier molecular flexibility index (Phi) is 13.0. The maximum absolute atomic E-state index is 5.39. The lowest BCUT2D eigenvalue weighted by atomic mass is 10.0. The summed E-state index contributed by atoms with van der Waals surface area (Å²) in [7, 11) is 1.76. The summed E-state index contributed by atoms with van der Waals surface area (Å²) in [4.78, 5) is 5.29. The van der Waals surface area contributed by atoms with Crippen molar-refractivity contribution in [3.05, 3.63) is 23.8 Å². The molecule has 0 radical (unpaired) electrons. The second kappa shape index (κ2) is 15.6. The van der Waals surface area contributed by atoms with E-state index in [0.29, 0.717) is 0 Å². The maximum atomic E-state index is 5.39. The summed E-state index contributed by atoms with van der Waals surface area (Å²) in [5.41, 5.74) is 2.91. The molecule has 0 amide bonds. The van der Waals surface area contributed by atoms with Gasteiger partial charge in [-0.25, -0.2) is 0 Å². The van der Waals surface area contributed by atoms with Crippen LogP contribution in [0.25, 0.3) is 0 Å². The van der Waals surface area contributed by atoms with Gasteiger partial charge in [0.05, 0.1) is 7.11 Å². The minimum atomic E-state index is 0.995. The predicted molar refractivity (Wildman–Crippen MR) is 132 cm³/mol. The van der Waals surface area contributed by atoms with Gasteiger partial charge in [-0.3, -0.25) is 0 Å². The Labute approximate surface area is 187 Å². The maximum Gasteiger partial charge on any atom is 0.119 e. The Morgan fingerprint density at radius 3 is 2.23 bits per heavy atom. The van der Waals surface area contributed by atoms with Gasteiger partial charge in [0.15, 0.2) is 0 Å². The number of ether oxygens (including phenoxy) is 1. The van der Waals surface area contributed by atoms with Crippen LogP contribution in [0.15, 0.2) is 18.2 Å². The minimum Gasteiger partial charge on any atom is -0.497 e. The quantitative estimate of drug-likeness (QED) is 0.252. The van der Waals surface area contributed by atoms with Crippen LogP contribution < -0.4 is 9.64 Å². The molecule has 3 heteroatoms. The van der Waals surface area contributed by atoms with E-state index in [1.165, 1.54) is 127 Å². The molecule has 0 spiro atoms. The number of fused-ring (bicyclic) bond motifs is 1. The second-order valence-electron chi connectivity index (χ2n) is 9.11. The Morgan fingerprint density at radius 2 is 1.53 bits per heavy atom. The van der Waals surface area contributed by atoms with Crippen molar-refractivity contribution in [1.82, 2.24) is 4.90 Å². The van der Waals surface area contributed by atoms with Gasteiger partial charge in [0.25, 0.3) is 0 Å². The van der Waals surface area contributed by atoms with Gasteiger partial charge < -0.3 is 14.5 Å². The molecule has 0 atom stereocenters. The number of anilines is 1. The van der Waals surface area contributed by atoms with Gasteiger partial charge >= 0.3 is 0 Å². The normalized spacial score (nSPS) is 13.7. The molecule has 1 aromatic rings. The van der Waals surface area contributed by atoms with Crippen LogP contribution in [0.1, 0.15) is 96.5 Å². The van der Waals surface area contributed by atoms with Gasteiger partial charge in [-0.2, -0.15) is 0 Å². The number of nitrogens with zero attached hydrogens (tertiary/aromatic N) is 2. The molecule has 0 bridgehead atoms. The van der Waals surface area contributed by atoms with Crippen LogP contribution in [0.2, 0.25) is 0 Å². The lowest BCUT2D eigenvalue weighted by molar-refractivity contribution is 0.261. The first-order chi connectivity index (χ1) is 14.8. The third-order valence-electron chi connectivity index (χ3n) is 6.52. The average molecular weight is 417 g/mol. The Bertz CT molecular complexity index is 560. The molecule has 0 saturated carbocycles. The fourth-order valence-electron chi connectivity index (χ4n) is 4.77. The second-order valence-corrected chi connectivity index (χ2v) is 9.11. The fourth-order valence-corrected chi connectivity index (χ4v) is 4.77. The third-order valence-corrected chi connectivity index (χ3v) is 6.52. The van der Waals surface area contributed by atoms with Crippen molar-refractivity contribution in [3.63, 3.8) is 0 Å². The van der Waals surface area contributed by atoms with Crippen LogP contribution in [-0.2, 0) is 6.42 Å². The molecule has 1 aliphatic heterocycles. The van der Waals surface area contributed by atoms with Crippen molar-refractivity contribution in [3.8, 4) is 5.75 Å². The number of methoxy groups -OCH3 is 1. The number of unbranched alkanes of at least 4 members (excludes halogenated alkanes) is 8. The van der Waals surface area contributed by atoms with Gasteiger partial charge in [-0.05, 0) is 81.9 Å². The average Bonchev–Trinajstić information content (AvgIpc) is 2.77. The summed E-state index contributed by atoms with van der Waals surface area (Å²) >= 11 is 0. The predicted octanol–water partition coefficient (Wildman–Crippen LogP) is 7.08. The zero-order valence-electron chi connectivity index (χ0n) is 20.3. The van der Waals surface area contributed by atoms with Crippen molar-refractivity contribution < 1.29 is 4.74 Å². The van der Waals surface area contributed by atoms with Gasteiger partial charge in [-0.1, -0.05) is 58.8 Å². The van der Waals surface area contributed by atoms with Crippen molar-refractivity contribution in [2.45, 2.75) is 97.3 Å². The summed E-state index contributed by atoms with van der Waals surface area (Å²) in [6, 6.07) is 6.60. The Morgan fingerprint density at radius 1 is 0.833 bits per heavy atom. The fraction of sp³-hybridized carbons (Fsp3) is 0.778. The number of rotatable bonds is 17. The lowest BCUT2D eigenvalue weighted by Gasteiger charge is -2.31. The molecule has 0 aromatic heterocycles. The molecule has 1 aliphatic rings. The molecule has 30 heavy (non-hydrogen) atoms. The van der Waals surface area contributed by atoms with Crippen molar-refractivity contribution in [2.24, 2.45) is 0 Å². The van der Waals surface area contributed by atoms with Gasteiger partial charge in [0.1, 0.15) is 5.75 Å². The molecule has 0 aliphatic carbocycles. The molecule has 0 fully saturated rings. The van der Waals surface area contributed by atoms with E-state index in [9.17, 15) is 0 Å². The lowest BCUT2D eigenvalue weighted by Crippen LogP contribution is -2.30. The summed E-state index contributed by atoms with van der Waals surface area (Å²) < 4.78 is 5.39. The molecule has 0 N–H and O–H groups in total. The van der Waals surface area contributed by atoms with E-state index in [2.05, 4.69) is 41.8 Å². The number of hydrogen-bond acceptors (Lipinski definition) is 3. The largest absolute Gasteiger partial charge is 0.497 e. The molecule has 172 valence electrons. The van der Waals surface area contributed by atoms with E-state index in [1.807, 2.05) is 0 Å². The zero-order chi connectivity index (χ0) is 21.4. The highest BCUT2D eigenvalue weighted by Gasteiger charge is 2.16. The number of benzene rings is 1. The Balaban J connectivity index is 1.51. The van der Waals surface area contributed by atoms with Crippen LogP contribution in [0.3, 0.4) is 0 Å². The van der Waals surface area contributed by atoms with E-state index in [4.69, 9.17) is 4.74 Å². The monoisotopic (exact) mass is 416 g/mol. The van der Waals surface area contributed by atoms with Gasteiger partial charge in [0, 0.05) is 18.8 Å². The van der Waals surface area contributed by atoms with Gasteiger partial charge in [0.2, 0.25) is 0 Å². The van der Waals surface area contributed by atoms with E-state index in [1.54, 1.807) is 7.11 Å². The SMILES string of the molecule is CCCCCN(CCC)CCCCCCCCCN1CCCc2cc(OC)ccc21. The van der Waals surface area contributed by atoms with E-state index < -0.39 is 0 Å². The topological polar surface area (TPSA) is 15.7 Å². The zero-order valence-corrected chi connectivity index (χ0v) is 20.3. The van der Waals surface area contributed by atoms with Crippen molar-refractivity contribution in [2.75, 3.05) is 44.7 Å². The Hall–Kier alpha value is -1.22. The van der Waals surface area contributed by atoms with Crippen LogP contribution in [-0.4, -0.2) is 44.7 Å². The van der Waals surface area contributed by atoms with Crippen LogP contribution in [0, 0.1) is 0 Å². The number of hydrogen-bond donors (Lipinski definition) is 0. The molecular formula is C27H48N2O. The van der Waals surface area contributed by atoms with Crippen LogP contribution in [0.5, 0.6) is 5.75 Å². The molecule has 0 unspecified atom stereocenters. The first kappa shape index (κ1) is 25.0. The summed E-state index contributed by atoms with van der Waals surface area (Å²) in [5, 5.41) is 0. The van der Waals surface area contributed by atoms with Crippen LogP contribution in [0.4, 0.5) is 5.69 Å². The molecule has 2 rings (SSSR count). The van der Waals surface area contributed by atoms with Crippen molar-refractivity contribution in [1.29, 1.82) is 0 Å². The standard InChI is InChI=1S/C27H48N2O/c1-4-6-12-20-28(19-5-2)21-13-10-8-7-9-11-14-22-29-23-15-16-25-24-26(30-3)17-18-27(25)29/h17-18,24H,4-16,19-23H2,1-3H3. The molecule has 3 nitrogen and oxygen atoms in total. The first-order valence-electron chi connectivity index (χ1n) is 12.9. The first-order valence-corrected chi connectivity index (χ1v) is 12.9. The van der Waals surface area contributed by atoms with Crippen LogP contribution >= 0.6 is 0 Å². The summed E-state index contributed by atoms with van der Waals surface area (Å²) in [6.07, 6.45) is 17.6. The summed E-state index contributed by atoms with van der Waals surface area (Å²) in [5.74, 6) is 0.995. The smallest absolute Gasteiger partial charge is 0.119 e. The van der Waals surface area contributed by atoms with E-state index >= 15 is 0 Å². The van der Waals surface area contributed by atoms with E-state index in [0.717, 1.165) is 5.75 Å². The molecule has 1 heterocycles. The molecule has 1 aromatic carbocycles. The van der Waals surface area contributed by atoms with E-state index in [-0.39, 0.29) is 0 Å². The van der Waals surface area contributed by atoms with Gasteiger partial charge in [-0.15, -0.1) is 0 Å². The summed E-state index contributed by atoms with van der Waals surface area (Å²) in [6.45, 7) is 11.0. The highest BCUT2D eigenvalue weighted by atomic mass is 16.5. The van der Waals surface area contributed by atoms with Crippen molar-refractivity contribution >= 4 is 5.69 Å². The third kappa shape index (κ3) is 9.29. The molecular weight excluding hydrogens is 368 g/mol. The highest BCUT2D eigenvalue weighted by Crippen LogP contribution is 2.30. The molecule has 0 saturated heterocycles. The number of aryl methyl sites for hydroxylation is 1.